The average molecular weight is 253 g/mol. The van der Waals surface area contributed by atoms with Crippen molar-refractivity contribution in [2.24, 2.45) is 0 Å². The molecular weight excluding hydrogens is 238 g/mol. The van der Waals surface area contributed by atoms with Crippen molar-refractivity contribution in [3.8, 4) is 0 Å². The van der Waals surface area contributed by atoms with Gasteiger partial charge in [-0.25, -0.2) is 4.98 Å². The fourth-order valence-corrected chi connectivity index (χ4v) is 1.95. The van der Waals surface area contributed by atoms with E-state index in [1.807, 2.05) is 24.3 Å². The largest absolute Gasteiger partial charge is 0.341 e. The summed E-state index contributed by atoms with van der Waals surface area (Å²) in [6.07, 6.45) is 5.13. The Bertz CT molecular complexity index is 629. The summed E-state index contributed by atoms with van der Waals surface area (Å²) in [4.78, 5) is 16.2. The first kappa shape index (κ1) is 11.8. The molecule has 0 radical (unpaired) electrons. The van der Waals surface area contributed by atoms with E-state index in [0.717, 1.165) is 22.6 Å². The molecule has 1 unspecified atom stereocenters. The number of H-pyrrole nitrogens is 1. The molecule has 0 saturated heterocycles. The Kier molecular flexibility index (Phi) is 3.20. The number of nitrogens with zero attached hydrogens (tertiary/aromatic N) is 3. The number of benzene rings is 1. The molecule has 2 N–H and O–H groups in total. The van der Waals surface area contributed by atoms with Gasteiger partial charge in [-0.15, -0.1) is 0 Å². The van der Waals surface area contributed by atoms with Crippen molar-refractivity contribution in [2.45, 2.75) is 19.5 Å². The number of imidazole rings is 1. The van der Waals surface area contributed by atoms with Crippen LogP contribution >= 0.6 is 0 Å². The Morgan fingerprint density at radius 3 is 2.95 bits per heavy atom. The maximum Gasteiger partial charge on any atom is 0.124 e. The van der Waals surface area contributed by atoms with Gasteiger partial charge in [0.15, 0.2) is 0 Å². The van der Waals surface area contributed by atoms with Gasteiger partial charge in [0, 0.05) is 25.1 Å². The molecule has 0 spiro atoms. The third-order valence-corrected chi connectivity index (χ3v) is 3.02. The predicted octanol–water partition coefficient (Wildman–Crippen LogP) is 2.20. The summed E-state index contributed by atoms with van der Waals surface area (Å²) in [5.41, 5.74) is 2.97. The Balaban J connectivity index is 1.71. The number of hydrogen-bond acceptors (Lipinski definition) is 4. The highest BCUT2D eigenvalue weighted by Crippen LogP contribution is 2.15. The quantitative estimate of drug-likeness (QED) is 0.748. The second kappa shape index (κ2) is 5.16. The van der Waals surface area contributed by atoms with E-state index in [1.165, 1.54) is 0 Å². The highest BCUT2D eigenvalue weighted by atomic mass is 15.0. The number of aromatic nitrogens is 4. The van der Waals surface area contributed by atoms with Gasteiger partial charge in [-0.2, -0.15) is 0 Å². The summed E-state index contributed by atoms with van der Waals surface area (Å²) in [5, 5.41) is 3.38. The van der Waals surface area contributed by atoms with Crippen molar-refractivity contribution in [1.29, 1.82) is 0 Å². The van der Waals surface area contributed by atoms with Crippen LogP contribution in [0, 0.1) is 0 Å². The second-order valence-electron chi connectivity index (χ2n) is 4.44. The van der Waals surface area contributed by atoms with Crippen LogP contribution in [0.1, 0.15) is 24.5 Å². The normalized spacial score (nSPS) is 12.7. The lowest BCUT2D eigenvalue weighted by Gasteiger charge is -2.10. The summed E-state index contributed by atoms with van der Waals surface area (Å²) >= 11 is 0. The van der Waals surface area contributed by atoms with Crippen LogP contribution in [0.4, 0.5) is 0 Å². The zero-order valence-electron chi connectivity index (χ0n) is 10.7. The molecule has 0 aliphatic rings. The first-order chi connectivity index (χ1) is 9.33. The molecule has 0 bridgehead atoms. The van der Waals surface area contributed by atoms with Gasteiger partial charge in [0.2, 0.25) is 0 Å². The number of fused-ring (bicyclic) bond motifs is 1. The van der Waals surface area contributed by atoms with Crippen molar-refractivity contribution in [2.75, 3.05) is 0 Å². The van der Waals surface area contributed by atoms with E-state index >= 15 is 0 Å². The minimum absolute atomic E-state index is 0.134. The Labute approximate surface area is 111 Å². The SMILES string of the molecule is CC(NCc1cnccn1)c1nc2ccccc2[nH]1. The molecule has 0 fully saturated rings. The third kappa shape index (κ3) is 2.61. The third-order valence-electron chi connectivity index (χ3n) is 3.02. The molecule has 96 valence electrons. The van der Waals surface area contributed by atoms with Gasteiger partial charge in [-0.05, 0) is 19.1 Å². The maximum atomic E-state index is 4.57. The van der Waals surface area contributed by atoms with Gasteiger partial charge >= 0.3 is 0 Å². The van der Waals surface area contributed by atoms with E-state index in [1.54, 1.807) is 18.6 Å². The molecule has 2 heterocycles. The van der Waals surface area contributed by atoms with Crippen LogP contribution in [0.15, 0.2) is 42.9 Å². The van der Waals surface area contributed by atoms with Crippen molar-refractivity contribution in [3.63, 3.8) is 0 Å². The molecule has 2 aromatic heterocycles. The van der Waals surface area contributed by atoms with E-state index in [0.29, 0.717) is 6.54 Å². The van der Waals surface area contributed by atoms with E-state index in [9.17, 15) is 0 Å². The lowest BCUT2D eigenvalue weighted by atomic mass is 10.3. The number of hydrogen-bond donors (Lipinski definition) is 2. The molecule has 0 amide bonds. The van der Waals surface area contributed by atoms with E-state index in [4.69, 9.17) is 0 Å². The molecule has 1 atom stereocenters. The van der Waals surface area contributed by atoms with Crippen LogP contribution < -0.4 is 5.32 Å². The molecule has 0 aliphatic heterocycles. The molecule has 19 heavy (non-hydrogen) atoms. The molecule has 1 aromatic carbocycles. The Morgan fingerprint density at radius 2 is 2.16 bits per heavy atom. The maximum absolute atomic E-state index is 4.57. The topological polar surface area (TPSA) is 66.5 Å². The van der Waals surface area contributed by atoms with E-state index in [2.05, 4.69) is 32.2 Å². The fraction of sp³-hybridized carbons (Fsp3) is 0.214. The van der Waals surface area contributed by atoms with Crippen LogP contribution in [0.2, 0.25) is 0 Å². The highest BCUT2D eigenvalue weighted by Gasteiger charge is 2.10. The van der Waals surface area contributed by atoms with Gasteiger partial charge in [-0.1, -0.05) is 12.1 Å². The molecule has 3 aromatic rings. The Morgan fingerprint density at radius 1 is 1.26 bits per heavy atom. The standard InChI is InChI=1S/C14H15N5/c1-10(17-9-11-8-15-6-7-16-11)14-18-12-4-2-3-5-13(12)19-14/h2-8,10,17H,9H2,1H3,(H,18,19). The summed E-state index contributed by atoms with van der Waals surface area (Å²) in [6.45, 7) is 2.75. The minimum Gasteiger partial charge on any atom is -0.341 e. The first-order valence-corrected chi connectivity index (χ1v) is 6.26. The average Bonchev–Trinajstić information content (AvgIpc) is 2.90. The lowest BCUT2D eigenvalue weighted by molar-refractivity contribution is 0.545. The van der Waals surface area contributed by atoms with Gasteiger partial charge < -0.3 is 10.3 Å². The zero-order valence-corrected chi connectivity index (χ0v) is 10.7. The molecule has 0 aliphatic carbocycles. The summed E-state index contributed by atoms with van der Waals surface area (Å²) < 4.78 is 0. The van der Waals surface area contributed by atoms with Crippen molar-refractivity contribution < 1.29 is 0 Å². The van der Waals surface area contributed by atoms with Crippen LogP contribution in [-0.2, 0) is 6.54 Å². The number of para-hydroxylation sites is 2. The van der Waals surface area contributed by atoms with Crippen LogP contribution in [0.25, 0.3) is 11.0 Å². The van der Waals surface area contributed by atoms with Gasteiger partial charge in [0.1, 0.15) is 5.82 Å². The summed E-state index contributed by atoms with van der Waals surface area (Å²) in [7, 11) is 0. The van der Waals surface area contributed by atoms with Gasteiger partial charge in [0.05, 0.1) is 22.8 Å². The smallest absolute Gasteiger partial charge is 0.124 e. The van der Waals surface area contributed by atoms with Crippen LogP contribution in [0.5, 0.6) is 0 Å². The summed E-state index contributed by atoms with van der Waals surface area (Å²) in [5.74, 6) is 0.935. The van der Waals surface area contributed by atoms with Gasteiger partial charge in [-0.3, -0.25) is 9.97 Å². The van der Waals surface area contributed by atoms with Gasteiger partial charge in [0.25, 0.3) is 0 Å². The molecule has 5 heteroatoms. The number of nitrogens with one attached hydrogen (secondary N) is 2. The van der Waals surface area contributed by atoms with E-state index < -0.39 is 0 Å². The number of rotatable bonds is 4. The molecule has 3 rings (SSSR count). The zero-order chi connectivity index (χ0) is 13.1. The monoisotopic (exact) mass is 253 g/mol. The molecule has 5 nitrogen and oxygen atoms in total. The Hall–Kier alpha value is -2.27. The highest BCUT2D eigenvalue weighted by molar-refractivity contribution is 5.74. The van der Waals surface area contributed by atoms with Crippen molar-refractivity contribution in [1.82, 2.24) is 25.3 Å². The predicted molar refractivity (Wildman–Crippen MR) is 73.4 cm³/mol. The van der Waals surface area contributed by atoms with E-state index in [-0.39, 0.29) is 6.04 Å². The molecule has 0 saturated carbocycles. The molecular formula is C14H15N5. The fourth-order valence-electron chi connectivity index (χ4n) is 1.95. The first-order valence-electron chi connectivity index (χ1n) is 6.26. The lowest BCUT2D eigenvalue weighted by Crippen LogP contribution is -2.19. The van der Waals surface area contributed by atoms with Crippen molar-refractivity contribution >= 4 is 11.0 Å². The van der Waals surface area contributed by atoms with Crippen molar-refractivity contribution in [3.05, 3.63) is 54.4 Å². The number of aromatic amines is 1. The minimum atomic E-state index is 0.134. The van der Waals surface area contributed by atoms with Crippen LogP contribution in [-0.4, -0.2) is 19.9 Å². The summed E-state index contributed by atoms with van der Waals surface area (Å²) in [6, 6.07) is 8.16. The van der Waals surface area contributed by atoms with Crippen LogP contribution in [0.3, 0.4) is 0 Å². The second-order valence-corrected chi connectivity index (χ2v) is 4.44.